The van der Waals surface area contributed by atoms with Crippen molar-refractivity contribution in [3.63, 3.8) is 0 Å². The summed E-state index contributed by atoms with van der Waals surface area (Å²) >= 11 is 0. The Kier molecular flexibility index (Phi) is 4.21. The van der Waals surface area contributed by atoms with Crippen molar-refractivity contribution in [3.05, 3.63) is 36.6 Å². The first-order valence-corrected chi connectivity index (χ1v) is 3.19. The highest BCUT2D eigenvalue weighted by Gasteiger charge is 1.80. The molecule has 0 atom stereocenters. The molecule has 0 saturated heterocycles. The van der Waals surface area contributed by atoms with Crippen LogP contribution in [0.2, 0.25) is 0 Å². The molecular formula is C9H13N. The predicted molar refractivity (Wildman–Crippen MR) is 47.3 cm³/mol. The zero-order valence-electron chi connectivity index (χ0n) is 6.59. The maximum Gasteiger partial charge on any atom is 0.0339 e. The van der Waals surface area contributed by atoms with Gasteiger partial charge >= 0.3 is 0 Å². The van der Waals surface area contributed by atoms with Gasteiger partial charge < -0.3 is 0 Å². The Bertz CT molecular complexity index is 185. The lowest BCUT2D eigenvalue weighted by Gasteiger charge is -1.88. The van der Waals surface area contributed by atoms with Crippen LogP contribution >= 0.6 is 0 Å². The largest absolute Gasteiger partial charge is 0.262 e. The lowest BCUT2D eigenvalue weighted by atomic mass is 10.3. The first-order valence-electron chi connectivity index (χ1n) is 3.19. The number of hydrogen-bond donors (Lipinski definition) is 0. The Morgan fingerprint density at radius 3 is 2.40 bits per heavy atom. The van der Waals surface area contributed by atoms with Crippen molar-refractivity contribution in [2.75, 3.05) is 0 Å². The summed E-state index contributed by atoms with van der Waals surface area (Å²) in [7, 11) is 0. The number of aliphatic imine (C=N–C) groups is 1. The first-order chi connectivity index (χ1) is 4.70. The Morgan fingerprint density at radius 1 is 1.50 bits per heavy atom. The van der Waals surface area contributed by atoms with E-state index in [1.165, 1.54) is 0 Å². The van der Waals surface area contributed by atoms with E-state index in [9.17, 15) is 0 Å². The summed E-state index contributed by atoms with van der Waals surface area (Å²) in [6.07, 6.45) is 5.45. The summed E-state index contributed by atoms with van der Waals surface area (Å²) in [5.74, 6) is 0. The van der Waals surface area contributed by atoms with E-state index in [2.05, 4.69) is 18.2 Å². The van der Waals surface area contributed by atoms with Crippen LogP contribution in [0.1, 0.15) is 13.8 Å². The average Bonchev–Trinajstić information content (AvgIpc) is 1.90. The van der Waals surface area contributed by atoms with Gasteiger partial charge in [0.25, 0.3) is 0 Å². The molecule has 0 bridgehead atoms. The molecule has 0 unspecified atom stereocenters. The molecule has 0 saturated carbocycles. The Balaban J connectivity index is 4.11. The third-order valence-electron chi connectivity index (χ3n) is 1.00. The fourth-order valence-corrected chi connectivity index (χ4v) is 0.430. The van der Waals surface area contributed by atoms with E-state index in [0.717, 1.165) is 11.3 Å². The van der Waals surface area contributed by atoms with Gasteiger partial charge in [0.05, 0.1) is 0 Å². The fourth-order valence-electron chi connectivity index (χ4n) is 0.430. The molecule has 0 aromatic carbocycles. The van der Waals surface area contributed by atoms with Crippen LogP contribution in [0.3, 0.4) is 0 Å². The number of allylic oxidation sites excluding steroid dienone is 4. The van der Waals surface area contributed by atoms with Gasteiger partial charge in [-0.3, -0.25) is 4.99 Å². The van der Waals surface area contributed by atoms with Crippen molar-refractivity contribution >= 4 is 6.21 Å². The second kappa shape index (κ2) is 4.74. The van der Waals surface area contributed by atoms with E-state index in [0.29, 0.717) is 0 Å². The fraction of sp³-hybridized carbons (Fsp3) is 0.222. The molecule has 0 aromatic rings. The highest BCUT2D eigenvalue weighted by molar-refractivity contribution is 5.82. The van der Waals surface area contributed by atoms with Crippen LogP contribution in [-0.4, -0.2) is 6.21 Å². The standard InChI is InChI=1S/C9H13N/c1-5-9(6-2)7-10-8(3)4/h5-7H,1,3H2,2,4H3/b9-6-,10-7?. The van der Waals surface area contributed by atoms with Crippen LogP contribution in [0.15, 0.2) is 41.6 Å². The average molecular weight is 135 g/mol. The molecule has 0 aliphatic heterocycles. The van der Waals surface area contributed by atoms with E-state index in [1.807, 2.05) is 19.9 Å². The molecular weight excluding hydrogens is 122 g/mol. The zero-order chi connectivity index (χ0) is 7.98. The predicted octanol–water partition coefficient (Wildman–Crippen LogP) is 2.72. The molecule has 54 valence electrons. The quantitative estimate of drug-likeness (QED) is 0.417. The number of nitrogens with zero attached hydrogens (tertiary/aromatic N) is 1. The maximum absolute atomic E-state index is 4.01. The zero-order valence-corrected chi connectivity index (χ0v) is 6.59. The van der Waals surface area contributed by atoms with Gasteiger partial charge in [0.15, 0.2) is 0 Å². The highest BCUT2D eigenvalue weighted by atomic mass is 14.7. The summed E-state index contributed by atoms with van der Waals surface area (Å²) in [6, 6.07) is 0. The van der Waals surface area contributed by atoms with E-state index in [4.69, 9.17) is 0 Å². The molecule has 1 nitrogen and oxygen atoms in total. The van der Waals surface area contributed by atoms with E-state index >= 15 is 0 Å². The Morgan fingerprint density at radius 2 is 2.10 bits per heavy atom. The van der Waals surface area contributed by atoms with Gasteiger partial charge in [0.1, 0.15) is 0 Å². The van der Waals surface area contributed by atoms with Gasteiger partial charge in [-0.2, -0.15) is 0 Å². The van der Waals surface area contributed by atoms with Gasteiger partial charge in [0.2, 0.25) is 0 Å². The van der Waals surface area contributed by atoms with Crippen molar-refractivity contribution in [2.45, 2.75) is 13.8 Å². The highest BCUT2D eigenvalue weighted by Crippen LogP contribution is 1.93. The Hall–Kier alpha value is -1.11. The van der Waals surface area contributed by atoms with Crippen LogP contribution in [0, 0.1) is 0 Å². The van der Waals surface area contributed by atoms with Gasteiger partial charge in [0, 0.05) is 11.9 Å². The summed E-state index contributed by atoms with van der Waals surface area (Å²) in [6.45, 7) is 11.1. The van der Waals surface area contributed by atoms with Crippen molar-refractivity contribution in [2.24, 2.45) is 4.99 Å². The second-order valence-corrected chi connectivity index (χ2v) is 1.99. The monoisotopic (exact) mass is 135 g/mol. The summed E-state index contributed by atoms with van der Waals surface area (Å²) in [4.78, 5) is 4.01. The van der Waals surface area contributed by atoms with Gasteiger partial charge in [-0.1, -0.05) is 25.3 Å². The summed E-state index contributed by atoms with van der Waals surface area (Å²) in [5, 5.41) is 0. The summed E-state index contributed by atoms with van der Waals surface area (Å²) in [5.41, 5.74) is 1.82. The maximum atomic E-state index is 4.01. The normalized spacial score (nSPS) is 12.0. The minimum Gasteiger partial charge on any atom is -0.262 e. The molecule has 1 heteroatoms. The molecule has 0 N–H and O–H groups in total. The smallest absolute Gasteiger partial charge is 0.0339 e. The molecule has 10 heavy (non-hydrogen) atoms. The van der Waals surface area contributed by atoms with Crippen LogP contribution in [0.5, 0.6) is 0 Å². The van der Waals surface area contributed by atoms with Crippen molar-refractivity contribution in [3.8, 4) is 0 Å². The van der Waals surface area contributed by atoms with Crippen molar-refractivity contribution in [1.82, 2.24) is 0 Å². The molecule has 0 radical (unpaired) electrons. The van der Waals surface area contributed by atoms with E-state index < -0.39 is 0 Å². The second-order valence-electron chi connectivity index (χ2n) is 1.99. The molecule has 0 aliphatic carbocycles. The molecule has 0 heterocycles. The molecule has 0 aliphatic rings. The number of rotatable bonds is 3. The van der Waals surface area contributed by atoms with Crippen LogP contribution < -0.4 is 0 Å². The molecule has 0 amide bonds. The molecule has 0 spiro atoms. The third kappa shape index (κ3) is 3.84. The van der Waals surface area contributed by atoms with Crippen LogP contribution in [-0.2, 0) is 0 Å². The van der Waals surface area contributed by atoms with E-state index in [1.54, 1.807) is 12.3 Å². The summed E-state index contributed by atoms with van der Waals surface area (Å²) < 4.78 is 0. The molecule has 0 aromatic heterocycles. The molecule has 0 rings (SSSR count). The Labute approximate surface area is 62.5 Å². The minimum absolute atomic E-state index is 0.807. The van der Waals surface area contributed by atoms with Crippen molar-refractivity contribution < 1.29 is 0 Å². The SMILES string of the molecule is C=C/C(C=NC(=C)C)=C/C. The van der Waals surface area contributed by atoms with Crippen molar-refractivity contribution in [1.29, 1.82) is 0 Å². The third-order valence-corrected chi connectivity index (χ3v) is 1.00. The lowest BCUT2D eigenvalue weighted by Crippen LogP contribution is -1.77. The lowest BCUT2D eigenvalue weighted by molar-refractivity contribution is 1.34. The topological polar surface area (TPSA) is 12.4 Å². The van der Waals surface area contributed by atoms with Crippen LogP contribution in [0.4, 0.5) is 0 Å². The van der Waals surface area contributed by atoms with Gasteiger partial charge in [-0.15, -0.1) is 0 Å². The number of hydrogen-bond acceptors (Lipinski definition) is 1. The minimum atomic E-state index is 0.807. The van der Waals surface area contributed by atoms with Gasteiger partial charge in [-0.25, -0.2) is 0 Å². The van der Waals surface area contributed by atoms with Gasteiger partial charge in [-0.05, 0) is 19.4 Å². The molecule has 0 fully saturated rings. The first kappa shape index (κ1) is 8.89. The van der Waals surface area contributed by atoms with E-state index in [-0.39, 0.29) is 0 Å². The van der Waals surface area contributed by atoms with Crippen LogP contribution in [0.25, 0.3) is 0 Å².